The van der Waals surface area contributed by atoms with E-state index in [1.165, 1.54) is 17.4 Å². The number of nitrogens with two attached hydrogens (primary N) is 1. The van der Waals surface area contributed by atoms with Gasteiger partial charge in [-0.05, 0) is 17.5 Å². The maximum atomic E-state index is 12.3. The van der Waals surface area contributed by atoms with E-state index in [1.807, 2.05) is 0 Å². The normalized spacial score (nSPS) is 10.6. The molecule has 1 aromatic carbocycles. The molecule has 106 valence electrons. The Morgan fingerprint density at radius 1 is 1.35 bits per heavy atom. The monoisotopic (exact) mass is 298 g/mol. The summed E-state index contributed by atoms with van der Waals surface area (Å²) in [5, 5.41) is 4.33. The van der Waals surface area contributed by atoms with Gasteiger partial charge in [0.1, 0.15) is 10.6 Å². The first-order valence-electron chi connectivity index (χ1n) is 5.72. The van der Waals surface area contributed by atoms with Gasteiger partial charge in [-0.25, -0.2) is 0 Å². The number of thiophene rings is 1. The van der Waals surface area contributed by atoms with Crippen LogP contribution in [0.15, 0.2) is 35.7 Å². The molecule has 0 atom stereocenters. The van der Waals surface area contributed by atoms with Gasteiger partial charge in [-0.15, -0.1) is 11.3 Å². The van der Waals surface area contributed by atoms with Crippen LogP contribution < -0.4 is 15.8 Å². The van der Waals surface area contributed by atoms with Gasteiger partial charge in [-0.2, -0.15) is 8.78 Å². The minimum atomic E-state index is -2.90. The number of rotatable bonds is 5. The first-order valence-corrected chi connectivity index (χ1v) is 6.60. The molecule has 0 bridgehead atoms. The molecule has 7 heteroatoms. The van der Waals surface area contributed by atoms with Gasteiger partial charge in [0.2, 0.25) is 0 Å². The largest absolute Gasteiger partial charge is 0.434 e. The molecular formula is C13H12F2N2O2S. The van der Waals surface area contributed by atoms with Crippen molar-refractivity contribution < 1.29 is 18.3 Å². The van der Waals surface area contributed by atoms with E-state index in [0.29, 0.717) is 16.1 Å². The third kappa shape index (κ3) is 3.45. The van der Waals surface area contributed by atoms with Crippen molar-refractivity contribution in [2.24, 2.45) is 0 Å². The van der Waals surface area contributed by atoms with Crippen LogP contribution >= 0.6 is 11.3 Å². The number of amides is 1. The number of nitrogen functional groups attached to an aromatic ring is 1. The third-order valence-electron chi connectivity index (χ3n) is 2.53. The lowest BCUT2D eigenvalue weighted by Gasteiger charge is -2.11. The Balaban J connectivity index is 2.04. The number of halogens is 2. The zero-order valence-corrected chi connectivity index (χ0v) is 11.1. The van der Waals surface area contributed by atoms with Gasteiger partial charge in [0.25, 0.3) is 5.91 Å². The molecule has 2 aromatic rings. The summed E-state index contributed by atoms with van der Waals surface area (Å²) in [6.07, 6.45) is 0. The molecule has 0 aliphatic rings. The van der Waals surface area contributed by atoms with Crippen LogP contribution in [0.25, 0.3) is 0 Å². The molecule has 1 aromatic heterocycles. The SMILES string of the molecule is Nc1ccsc1C(=O)NCc1ccccc1OC(F)F. The summed E-state index contributed by atoms with van der Waals surface area (Å²) in [4.78, 5) is 12.3. The van der Waals surface area contributed by atoms with Crippen LogP contribution in [0.4, 0.5) is 14.5 Å². The lowest BCUT2D eigenvalue weighted by Crippen LogP contribution is -2.23. The second kappa shape index (κ2) is 6.33. The van der Waals surface area contributed by atoms with Crippen molar-refractivity contribution in [2.45, 2.75) is 13.2 Å². The summed E-state index contributed by atoms with van der Waals surface area (Å²) in [5.41, 5.74) is 6.49. The molecule has 20 heavy (non-hydrogen) atoms. The van der Waals surface area contributed by atoms with E-state index in [-0.39, 0.29) is 18.2 Å². The minimum absolute atomic E-state index is 0.0435. The van der Waals surface area contributed by atoms with Crippen molar-refractivity contribution in [1.29, 1.82) is 0 Å². The maximum absolute atomic E-state index is 12.3. The first kappa shape index (κ1) is 14.3. The molecule has 0 unspecified atom stereocenters. The number of benzene rings is 1. The lowest BCUT2D eigenvalue weighted by molar-refractivity contribution is -0.0504. The van der Waals surface area contributed by atoms with E-state index in [0.717, 1.165) is 0 Å². The van der Waals surface area contributed by atoms with Gasteiger partial charge in [-0.3, -0.25) is 4.79 Å². The Morgan fingerprint density at radius 2 is 2.10 bits per heavy atom. The number of hydrogen-bond acceptors (Lipinski definition) is 4. The molecule has 0 aliphatic heterocycles. The van der Waals surface area contributed by atoms with Crippen LogP contribution in [0.5, 0.6) is 5.75 Å². The van der Waals surface area contributed by atoms with Crippen molar-refractivity contribution in [1.82, 2.24) is 5.32 Å². The molecule has 3 N–H and O–H groups in total. The van der Waals surface area contributed by atoms with Crippen LogP contribution in [0, 0.1) is 0 Å². The smallest absolute Gasteiger partial charge is 0.387 e. The highest BCUT2D eigenvalue weighted by atomic mass is 32.1. The van der Waals surface area contributed by atoms with Crippen molar-refractivity contribution in [3.05, 3.63) is 46.2 Å². The van der Waals surface area contributed by atoms with Crippen molar-refractivity contribution in [2.75, 3.05) is 5.73 Å². The Bertz CT molecular complexity index is 602. The van der Waals surface area contributed by atoms with E-state index in [1.54, 1.807) is 29.6 Å². The van der Waals surface area contributed by atoms with E-state index >= 15 is 0 Å². The van der Waals surface area contributed by atoms with E-state index in [2.05, 4.69) is 10.1 Å². The molecule has 1 heterocycles. The zero-order valence-electron chi connectivity index (χ0n) is 10.3. The van der Waals surface area contributed by atoms with Crippen LogP contribution in [0.3, 0.4) is 0 Å². The number of nitrogens with one attached hydrogen (secondary N) is 1. The van der Waals surface area contributed by atoms with Crippen LogP contribution in [-0.4, -0.2) is 12.5 Å². The highest BCUT2D eigenvalue weighted by Gasteiger charge is 2.13. The molecule has 0 spiro atoms. The fourth-order valence-electron chi connectivity index (χ4n) is 1.62. The molecule has 4 nitrogen and oxygen atoms in total. The zero-order chi connectivity index (χ0) is 14.5. The number of carbonyl (C=O) groups excluding carboxylic acids is 1. The molecule has 1 amide bonds. The van der Waals surface area contributed by atoms with Crippen LogP contribution in [-0.2, 0) is 6.54 Å². The van der Waals surface area contributed by atoms with E-state index in [4.69, 9.17) is 5.73 Å². The molecule has 0 saturated carbocycles. The predicted molar refractivity (Wildman–Crippen MR) is 73.0 cm³/mol. The number of alkyl halides is 2. The quantitative estimate of drug-likeness (QED) is 0.892. The molecule has 0 saturated heterocycles. The second-order valence-corrected chi connectivity index (χ2v) is 4.79. The standard InChI is InChI=1S/C13H12F2N2O2S/c14-13(15)19-10-4-2-1-3-8(10)7-17-12(18)11-9(16)5-6-20-11/h1-6,13H,7,16H2,(H,17,18). The summed E-state index contributed by atoms with van der Waals surface area (Å²) < 4.78 is 28.9. The average molecular weight is 298 g/mol. The van der Waals surface area contributed by atoms with E-state index in [9.17, 15) is 13.6 Å². The Hall–Kier alpha value is -2.15. The van der Waals surface area contributed by atoms with Crippen molar-refractivity contribution >= 4 is 22.9 Å². The number of ether oxygens (including phenoxy) is 1. The Kier molecular flexibility index (Phi) is 4.52. The van der Waals surface area contributed by atoms with E-state index < -0.39 is 6.61 Å². The van der Waals surface area contributed by atoms with Crippen molar-refractivity contribution in [3.63, 3.8) is 0 Å². The molecule has 2 rings (SSSR count). The van der Waals surface area contributed by atoms with Gasteiger partial charge in [0.05, 0.1) is 5.69 Å². The highest BCUT2D eigenvalue weighted by molar-refractivity contribution is 7.12. The molecule has 0 aliphatic carbocycles. The van der Waals surface area contributed by atoms with Crippen molar-refractivity contribution in [3.8, 4) is 5.75 Å². The first-order chi connectivity index (χ1) is 9.58. The Morgan fingerprint density at radius 3 is 2.75 bits per heavy atom. The predicted octanol–water partition coefficient (Wildman–Crippen LogP) is 2.86. The summed E-state index contributed by atoms with van der Waals surface area (Å²) >= 11 is 1.22. The number of carbonyl (C=O) groups is 1. The fraction of sp³-hybridized carbons (Fsp3) is 0.154. The average Bonchev–Trinajstić information content (AvgIpc) is 2.83. The lowest BCUT2D eigenvalue weighted by atomic mass is 10.2. The third-order valence-corrected chi connectivity index (χ3v) is 3.46. The maximum Gasteiger partial charge on any atom is 0.387 e. The number of hydrogen-bond donors (Lipinski definition) is 2. The summed E-state index contributed by atoms with van der Waals surface area (Å²) in [5.74, 6) is -0.300. The van der Waals surface area contributed by atoms with Gasteiger partial charge in [-0.1, -0.05) is 18.2 Å². The van der Waals surface area contributed by atoms with Gasteiger partial charge < -0.3 is 15.8 Å². The number of para-hydroxylation sites is 1. The molecule has 0 radical (unpaired) electrons. The fourth-order valence-corrected chi connectivity index (χ4v) is 2.35. The minimum Gasteiger partial charge on any atom is -0.434 e. The topological polar surface area (TPSA) is 64.4 Å². The summed E-state index contributed by atoms with van der Waals surface area (Å²) in [7, 11) is 0. The molecular weight excluding hydrogens is 286 g/mol. The summed E-state index contributed by atoms with van der Waals surface area (Å²) in [6.45, 7) is -2.82. The highest BCUT2D eigenvalue weighted by Crippen LogP contribution is 2.21. The summed E-state index contributed by atoms with van der Waals surface area (Å²) in [6, 6.07) is 7.93. The van der Waals surface area contributed by atoms with Gasteiger partial charge >= 0.3 is 6.61 Å². The second-order valence-electron chi connectivity index (χ2n) is 3.87. The van der Waals surface area contributed by atoms with Crippen LogP contribution in [0.2, 0.25) is 0 Å². The number of anilines is 1. The molecule has 0 fully saturated rings. The van der Waals surface area contributed by atoms with Crippen LogP contribution in [0.1, 0.15) is 15.2 Å². The van der Waals surface area contributed by atoms with Gasteiger partial charge in [0, 0.05) is 12.1 Å². The van der Waals surface area contributed by atoms with Gasteiger partial charge in [0.15, 0.2) is 0 Å². The Labute approximate surface area is 118 Å².